The van der Waals surface area contributed by atoms with Crippen molar-refractivity contribution in [3.8, 4) is 5.69 Å². The molecule has 5 rings (SSSR count). The van der Waals surface area contributed by atoms with Crippen molar-refractivity contribution in [2.75, 3.05) is 31.1 Å². The summed E-state index contributed by atoms with van der Waals surface area (Å²) in [6.07, 6.45) is 1.48. The summed E-state index contributed by atoms with van der Waals surface area (Å²) in [5, 5.41) is 19.9. The van der Waals surface area contributed by atoms with Gasteiger partial charge in [-0.05, 0) is 25.1 Å². The maximum atomic E-state index is 13.0. The minimum atomic E-state index is -0.546. The van der Waals surface area contributed by atoms with Crippen LogP contribution in [0.3, 0.4) is 0 Å². The van der Waals surface area contributed by atoms with Gasteiger partial charge in [0.1, 0.15) is 6.33 Å². The van der Waals surface area contributed by atoms with Crippen molar-refractivity contribution in [1.29, 1.82) is 0 Å². The van der Waals surface area contributed by atoms with Gasteiger partial charge in [0.2, 0.25) is 0 Å². The van der Waals surface area contributed by atoms with Crippen LogP contribution in [0.1, 0.15) is 15.9 Å². The number of piperazine rings is 1. The van der Waals surface area contributed by atoms with Crippen molar-refractivity contribution in [3.05, 3.63) is 75.1 Å². The largest absolute Gasteiger partial charge is 0.351 e. The fourth-order valence-corrected chi connectivity index (χ4v) is 4.11. The van der Waals surface area contributed by atoms with Gasteiger partial charge in [-0.1, -0.05) is 34.5 Å². The molecule has 2 aromatic carbocycles. The van der Waals surface area contributed by atoms with Crippen molar-refractivity contribution in [3.63, 3.8) is 0 Å². The Labute approximate surface area is 198 Å². The Morgan fingerprint density at radius 3 is 2.50 bits per heavy atom. The van der Waals surface area contributed by atoms with E-state index in [-0.39, 0.29) is 22.2 Å². The van der Waals surface area contributed by atoms with Crippen LogP contribution in [0.15, 0.2) is 48.8 Å². The maximum absolute atomic E-state index is 13.0. The molecule has 0 spiro atoms. The van der Waals surface area contributed by atoms with Gasteiger partial charge in [0.25, 0.3) is 11.6 Å². The van der Waals surface area contributed by atoms with Crippen LogP contribution in [0, 0.1) is 17.0 Å². The first-order chi connectivity index (χ1) is 16.4. The van der Waals surface area contributed by atoms with Crippen LogP contribution in [0.5, 0.6) is 0 Å². The number of non-ortho nitro benzene ring substituents is 1. The van der Waals surface area contributed by atoms with Gasteiger partial charge in [0.05, 0.1) is 21.2 Å². The molecular formula is C22H19ClN8O3. The number of benzene rings is 2. The lowest BCUT2D eigenvalue weighted by molar-refractivity contribution is -0.384. The third-order valence-electron chi connectivity index (χ3n) is 5.75. The van der Waals surface area contributed by atoms with Crippen molar-refractivity contribution in [2.45, 2.75) is 6.92 Å². The second-order valence-corrected chi connectivity index (χ2v) is 8.31. The Bertz CT molecular complexity index is 1400. The molecule has 34 heavy (non-hydrogen) atoms. The summed E-state index contributed by atoms with van der Waals surface area (Å²) < 4.78 is 1.67. The number of carbonyl (C=O) groups is 1. The summed E-state index contributed by atoms with van der Waals surface area (Å²) in [5.74, 6) is 0.301. The van der Waals surface area contributed by atoms with E-state index in [1.807, 2.05) is 36.1 Å². The van der Waals surface area contributed by atoms with Crippen LogP contribution in [0.2, 0.25) is 5.02 Å². The Kier molecular flexibility index (Phi) is 5.54. The first-order valence-corrected chi connectivity index (χ1v) is 10.9. The van der Waals surface area contributed by atoms with Crippen LogP contribution >= 0.6 is 11.6 Å². The smallest absolute Gasteiger partial charge is 0.270 e. The summed E-state index contributed by atoms with van der Waals surface area (Å²) in [5.41, 5.74) is 3.10. The Morgan fingerprint density at radius 2 is 1.79 bits per heavy atom. The van der Waals surface area contributed by atoms with Crippen molar-refractivity contribution in [2.24, 2.45) is 0 Å². The van der Waals surface area contributed by atoms with E-state index in [2.05, 4.69) is 20.3 Å². The quantitative estimate of drug-likeness (QED) is 0.324. The monoisotopic (exact) mass is 478 g/mol. The lowest BCUT2D eigenvalue weighted by atomic mass is 10.1. The number of rotatable bonds is 4. The molecule has 0 N–H and O–H groups in total. The molecule has 1 fully saturated rings. The van der Waals surface area contributed by atoms with E-state index in [9.17, 15) is 14.9 Å². The van der Waals surface area contributed by atoms with E-state index >= 15 is 0 Å². The summed E-state index contributed by atoms with van der Waals surface area (Å²) in [6.45, 7) is 3.81. The number of nitrogens with zero attached hydrogens (tertiary/aromatic N) is 8. The van der Waals surface area contributed by atoms with Gasteiger partial charge < -0.3 is 9.80 Å². The molecular weight excluding hydrogens is 460 g/mol. The molecule has 0 saturated carbocycles. The van der Waals surface area contributed by atoms with Crippen LogP contribution in [-0.2, 0) is 0 Å². The summed E-state index contributed by atoms with van der Waals surface area (Å²) in [4.78, 5) is 36.0. The van der Waals surface area contributed by atoms with E-state index in [0.29, 0.717) is 43.2 Å². The fourth-order valence-electron chi connectivity index (χ4n) is 3.91. The van der Waals surface area contributed by atoms with Crippen molar-refractivity contribution < 1.29 is 9.72 Å². The van der Waals surface area contributed by atoms with Gasteiger partial charge in [-0.25, -0.2) is 9.97 Å². The van der Waals surface area contributed by atoms with E-state index < -0.39 is 4.92 Å². The molecule has 3 heterocycles. The number of aromatic nitrogens is 5. The van der Waals surface area contributed by atoms with E-state index in [1.165, 1.54) is 24.5 Å². The fraction of sp³-hybridized carbons (Fsp3) is 0.227. The summed E-state index contributed by atoms with van der Waals surface area (Å²) >= 11 is 6.15. The molecule has 2 aromatic heterocycles. The highest BCUT2D eigenvalue weighted by atomic mass is 35.5. The van der Waals surface area contributed by atoms with Gasteiger partial charge in [-0.15, -0.1) is 5.10 Å². The molecule has 0 bridgehead atoms. The molecule has 172 valence electrons. The highest BCUT2D eigenvalue weighted by molar-refractivity contribution is 6.33. The second-order valence-electron chi connectivity index (χ2n) is 7.91. The van der Waals surface area contributed by atoms with Gasteiger partial charge in [-0.3, -0.25) is 14.9 Å². The first-order valence-electron chi connectivity index (χ1n) is 10.5. The molecule has 12 heteroatoms. The third kappa shape index (κ3) is 3.90. The number of hydrogen-bond donors (Lipinski definition) is 0. The molecule has 0 atom stereocenters. The molecule has 0 unspecified atom stereocenters. The number of halogens is 1. The molecule has 1 aliphatic rings. The van der Waals surface area contributed by atoms with Gasteiger partial charge >= 0.3 is 0 Å². The van der Waals surface area contributed by atoms with Crippen LogP contribution < -0.4 is 4.90 Å². The molecule has 0 aliphatic carbocycles. The lowest BCUT2D eigenvalue weighted by Crippen LogP contribution is -2.49. The zero-order valence-electron chi connectivity index (χ0n) is 18.1. The van der Waals surface area contributed by atoms with E-state index in [1.54, 1.807) is 9.58 Å². The number of carbonyl (C=O) groups excluding carboxylic acids is 1. The first kappa shape index (κ1) is 21.7. The number of hydrogen-bond acceptors (Lipinski definition) is 8. The van der Waals surface area contributed by atoms with Gasteiger partial charge in [0.15, 0.2) is 17.0 Å². The van der Waals surface area contributed by atoms with Crippen molar-refractivity contribution in [1.82, 2.24) is 29.9 Å². The standard InChI is InChI=1S/C22H19ClN8O3/c1-14-2-4-15(5-3-14)30-21-19(26-27-30)20(24-13-25-21)28-8-10-29(11-9-28)22(32)17-12-16(31(33)34)6-7-18(17)23/h2-7,12-13H,8-11H2,1H3. The highest BCUT2D eigenvalue weighted by Crippen LogP contribution is 2.26. The Hall–Kier alpha value is -4.12. The Morgan fingerprint density at radius 1 is 1.06 bits per heavy atom. The van der Waals surface area contributed by atoms with Gasteiger partial charge in [-0.2, -0.15) is 4.68 Å². The predicted molar refractivity (Wildman–Crippen MR) is 125 cm³/mol. The Balaban J connectivity index is 1.36. The van der Waals surface area contributed by atoms with E-state index in [4.69, 9.17) is 11.6 Å². The molecule has 1 aliphatic heterocycles. The minimum absolute atomic E-state index is 0.120. The highest BCUT2D eigenvalue weighted by Gasteiger charge is 2.27. The normalized spacial score (nSPS) is 13.9. The SMILES string of the molecule is Cc1ccc(-n2nnc3c(N4CCN(C(=O)c5cc([N+](=O)[O-])ccc5Cl)CC4)ncnc32)cc1. The number of nitro groups is 1. The molecule has 11 nitrogen and oxygen atoms in total. The number of aryl methyl sites for hydroxylation is 1. The lowest BCUT2D eigenvalue weighted by Gasteiger charge is -2.35. The summed E-state index contributed by atoms with van der Waals surface area (Å²) in [7, 11) is 0. The number of fused-ring (bicyclic) bond motifs is 1. The molecule has 0 radical (unpaired) electrons. The number of anilines is 1. The minimum Gasteiger partial charge on any atom is -0.351 e. The van der Waals surface area contributed by atoms with Crippen molar-refractivity contribution >= 4 is 40.2 Å². The van der Waals surface area contributed by atoms with Crippen LogP contribution in [0.25, 0.3) is 16.9 Å². The molecule has 4 aromatic rings. The number of amides is 1. The zero-order valence-corrected chi connectivity index (χ0v) is 18.9. The average Bonchev–Trinajstić information content (AvgIpc) is 3.29. The second kappa shape index (κ2) is 8.67. The predicted octanol–water partition coefficient (Wildman–Crippen LogP) is 3.04. The summed E-state index contributed by atoms with van der Waals surface area (Å²) in [6, 6.07) is 11.8. The molecule has 1 amide bonds. The molecule has 1 saturated heterocycles. The number of nitro benzene ring substituents is 1. The third-order valence-corrected chi connectivity index (χ3v) is 6.08. The van der Waals surface area contributed by atoms with E-state index in [0.717, 1.165) is 11.3 Å². The van der Waals surface area contributed by atoms with Gasteiger partial charge in [0, 0.05) is 38.3 Å². The topological polar surface area (TPSA) is 123 Å². The average molecular weight is 479 g/mol. The maximum Gasteiger partial charge on any atom is 0.270 e. The van der Waals surface area contributed by atoms with Crippen LogP contribution in [-0.4, -0.2) is 66.9 Å². The zero-order chi connectivity index (χ0) is 23.8. The van der Waals surface area contributed by atoms with Crippen LogP contribution in [0.4, 0.5) is 11.5 Å².